The number of aryl methyl sites for hydroxylation is 1. The lowest BCUT2D eigenvalue weighted by atomic mass is 10.1. The number of carboxylic acid groups (broad SMARTS) is 1. The van der Waals surface area contributed by atoms with Crippen LogP contribution in [0.3, 0.4) is 0 Å². The summed E-state index contributed by atoms with van der Waals surface area (Å²) in [5.41, 5.74) is 3.17. The van der Waals surface area contributed by atoms with E-state index in [-0.39, 0.29) is 16.7 Å². The number of carbonyl (C=O) groups is 1. The van der Waals surface area contributed by atoms with Gasteiger partial charge in [-0.3, -0.25) is 4.31 Å². The number of benzene rings is 1. The molecule has 2 aromatic rings. The maximum absolute atomic E-state index is 11.7. The van der Waals surface area contributed by atoms with Crippen molar-refractivity contribution in [3.05, 3.63) is 46.6 Å². The van der Waals surface area contributed by atoms with Gasteiger partial charge in [-0.05, 0) is 24.0 Å². The molecular weight excluding hydrogens is 312 g/mol. The molecule has 1 aromatic carbocycles. The van der Waals surface area contributed by atoms with Gasteiger partial charge >= 0.3 is 5.97 Å². The third-order valence-electron chi connectivity index (χ3n) is 3.53. The molecular formula is C13H12N2O4S2. The van der Waals surface area contributed by atoms with Crippen molar-refractivity contribution in [2.24, 2.45) is 0 Å². The van der Waals surface area contributed by atoms with E-state index in [4.69, 9.17) is 5.11 Å². The van der Waals surface area contributed by atoms with Crippen LogP contribution in [0.4, 0.5) is 5.00 Å². The summed E-state index contributed by atoms with van der Waals surface area (Å²) in [4.78, 5) is 14.9. The van der Waals surface area contributed by atoms with Crippen molar-refractivity contribution < 1.29 is 18.3 Å². The fraction of sp³-hybridized carbons (Fsp3) is 0.231. The molecule has 1 aliphatic rings. The van der Waals surface area contributed by atoms with E-state index in [9.17, 15) is 13.2 Å². The Kier molecular flexibility index (Phi) is 3.64. The molecule has 0 aliphatic heterocycles. The number of anilines is 1. The summed E-state index contributed by atoms with van der Waals surface area (Å²) in [5.74, 6) is -1.22. The summed E-state index contributed by atoms with van der Waals surface area (Å²) in [6, 6.07) is 7.27. The summed E-state index contributed by atoms with van der Waals surface area (Å²) in [6.45, 7) is 0. The molecule has 0 amide bonds. The molecule has 3 rings (SSSR count). The zero-order valence-corrected chi connectivity index (χ0v) is 12.5. The van der Waals surface area contributed by atoms with Crippen molar-refractivity contribution in [1.29, 1.82) is 0 Å². The van der Waals surface area contributed by atoms with Crippen LogP contribution < -0.4 is 4.31 Å². The van der Waals surface area contributed by atoms with Crippen LogP contribution in [0.5, 0.6) is 0 Å². The van der Waals surface area contributed by atoms with Gasteiger partial charge in [0, 0.05) is 0 Å². The first-order valence-electron chi connectivity index (χ1n) is 6.27. The van der Waals surface area contributed by atoms with E-state index in [0.717, 1.165) is 28.9 Å². The molecule has 1 atom stereocenters. The summed E-state index contributed by atoms with van der Waals surface area (Å²) < 4.78 is 24.6. The molecule has 0 saturated carbocycles. The second-order valence-corrected chi connectivity index (χ2v) is 6.39. The highest BCUT2D eigenvalue weighted by molar-refractivity contribution is 7.74. The van der Waals surface area contributed by atoms with Gasteiger partial charge in [0.15, 0.2) is 5.69 Å². The average Bonchev–Trinajstić information content (AvgIpc) is 3.07. The third-order valence-corrected chi connectivity index (χ3v) is 5.32. The number of hydrogen-bond acceptors (Lipinski definition) is 5. The molecule has 110 valence electrons. The van der Waals surface area contributed by atoms with Crippen molar-refractivity contribution in [1.82, 2.24) is 4.98 Å². The highest BCUT2D eigenvalue weighted by Crippen LogP contribution is 2.40. The minimum Gasteiger partial charge on any atom is -0.476 e. The number of aromatic nitrogens is 1. The van der Waals surface area contributed by atoms with Gasteiger partial charge in [-0.25, -0.2) is 18.2 Å². The quantitative estimate of drug-likeness (QED) is 0.838. The highest BCUT2D eigenvalue weighted by Gasteiger charge is 2.33. The number of fused-ring (bicyclic) bond motifs is 1. The van der Waals surface area contributed by atoms with Crippen molar-refractivity contribution >= 4 is 33.2 Å². The molecule has 1 heterocycles. The lowest BCUT2D eigenvalue weighted by molar-refractivity contribution is 0.0692. The molecule has 0 radical (unpaired) electrons. The number of carboxylic acids is 1. The number of thiol groups is 1. The largest absolute Gasteiger partial charge is 0.476 e. The van der Waals surface area contributed by atoms with Crippen LogP contribution in [-0.4, -0.2) is 24.5 Å². The fourth-order valence-corrected chi connectivity index (χ4v) is 4.46. The summed E-state index contributed by atoms with van der Waals surface area (Å²) in [6.07, 6.45) is 1.42. The summed E-state index contributed by atoms with van der Waals surface area (Å²) in [5, 5.41) is 9.31. The van der Waals surface area contributed by atoms with Crippen LogP contribution in [0, 0.1) is 0 Å². The van der Waals surface area contributed by atoms with Gasteiger partial charge in [-0.2, -0.15) is 0 Å². The molecule has 1 unspecified atom stereocenters. The van der Waals surface area contributed by atoms with Crippen LogP contribution in [0.1, 0.15) is 34.1 Å². The first-order chi connectivity index (χ1) is 10.1. The number of hydrogen-bond donors (Lipinski definition) is 2. The second-order valence-electron chi connectivity index (χ2n) is 4.65. The summed E-state index contributed by atoms with van der Waals surface area (Å²) in [7, 11) is -2.95. The van der Waals surface area contributed by atoms with Crippen LogP contribution in [0.15, 0.2) is 29.8 Å². The Labute approximate surface area is 126 Å². The van der Waals surface area contributed by atoms with Gasteiger partial charge in [0.2, 0.25) is 10.9 Å². The van der Waals surface area contributed by atoms with Crippen molar-refractivity contribution in [3.8, 4) is 0 Å². The smallest absolute Gasteiger partial charge is 0.357 e. The van der Waals surface area contributed by atoms with Gasteiger partial charge in [0.05, 0.1) is 11.6 Å². The van der Waals surface area contributed by atoms with E-state index < -0.39 is 16.9 Å². The Hall–Kier alpha value is -1.93. The van der Waals surface area contributed by atoms with Crippen LogP contribution in [0.25, 0.3) is 0 Å². The van der Waals surface area contributed by atoms with Crippen LogP contribution in [-0.2, 0) is 17.3 Å². The maximum atomic E-state index is 11.7. The number of thiazole rings is 1. The lowest BCUT2D eigenvalue weighted by Crippen LogP contribution is -2.26. The minimum atomic E-state index is -2.95. The zero-order valence-electron chi connectivity index (χ0n) is 10.8. The number of nitrogens with zero attached hydrogens (tertiary/aromatic N) is 2. The monoisotopic (exact) mass is 324 g/mol. The van der Waals surface area contributed by atoms with E-state index in [2.05, 4.69) is 4.98 Å². The lowest BCUT2D eigenvalue weighted by Gasteiger charge is -2.24. The van der Waals surface area contributed by atoms with Gasteiger partial charge in [-0.15, -0.1) is 11.3 Å². The van der Waals surface area contributed by atoms with E-state index in [1.165, 1.54) is 9.82 Å². The predicted octanol–water partition coefficient (Wildman–Crippen LogP) is 1.86. The van der Waals surface area contributed by atoms with Crippen molar-refractivity contribution in [2.45, 2.75) is 18.9 Å². The first kappa shape index (κ1) is 14.0. The predicted molar refractivity (Wildman–Crippen MR) is 79.4 cm³/mol. The number of rotatable bonds is 4. The zero-order chi connectivity index (χ0) is 15.0. The van der Waals surface area contributed by atoms with Gasteiger partial charge in [-0.1, -0.05) is 24.3 Å². The summed E-state index contributed by atoms with van der Waals surface area (Å²) >= 11 is 1.03. The molecule has 1 N–H and O–H groups in total. The van der Waals surface area contributed by atoms with Crippen LogP contribution in [0.2, 0.25) is 0 Å². The molecule has 1 aromatic heterocycles. The fourth-order valence-electron chi connectivity index (χ4n) is 2.67. The Morgan fingerprint density at radius 1 is 1.38 bits per heavy atom. The average molecular weight is 324 g/mol. The molecule has 0 saturated heterocycles. The topological polar surface area (TPSA) is 87.6 Å². The number of aromatic carboxylic acids is 1. The van der Waals surface area contributed by atoms with Crippen molar-refractivity contribution in [2.75, 3.05) is 4.31 Å². The molecule has 8 heteroatoms. The Morgan fingerprint density at radius 2 is 2.14 bits per heavy atom. The van der Waals surface area contributed by atoms with E-state index in [1.54, 1.807) is 0 Å². The van der Waals surface area contributed by atoms with Gasteiger partial charge in [0.1, 0.15) is 5.00 Å². The molecule has 0 spiro atoms. The van der Waals surface area contributed by atoms with Gasteiger partial charge < -0.3 is 5.11 Å². The minimum absolute atomic E-state index is 0.167. The normalized spacial score (nSPS) is 16.9. The highest BCUT2D eigenvalue weighted by atomic mass is 32.2. The Morgan fingerprint density at radius 3 is 2.86 bits per heavy atom. The first-order valence-corrected chi connectivity index (χ1v) is 8.28. The molecule has 1 aliphatic carbocycles. The van der Waals surface area contributed by atoms with E-state index in [1.807, 2.05) is 24.3 Å². The van der Waals surface area contributed by atoms with E-state index in [0.29, 0.717) is 6.42 Å². The second kappa shape index (κ2) is 5.45. The SMILES string of the molecule is O=C(O)c1ncsc1N(C1CCc2ccccc21)[SH](=O)=O. The third kappa shape index (κ3) is 2.40. The van der Waals surface area contributed by atoms with Crippen molar-refractivity contribution in [3.63, 3.8) is 0 Å². The molecule has 0 fully saturated rings. The van der Waals surface area contributed by atoms with E-state index >= 15 is 0 Å². The maximum Gasteiger partial charge on any atom is 0.357 e. The Bertz CT molecular complexity index is 761. The van der Waals surface area contributed by atoms with Gasteiger partial charge in [0.25, 0.3) is 0 Å². The van der Waals surface area contributed by atoms with Crippen LogP contribution >= 0.6 is 11.3 Å². The standard InChI is InChI=1S/C13H12N2O4S2/c16-13(17)11-12(20-7-14-11)15(21(18)19)10-6-5-8-3-1-2-4-9(8)10/h1-4,7,10,21H,5-6H2,(H,16,17). The molecule has 21 heavy (non-hydrogen) atoms. The molecule has 6 nitrogen and oxygen atoms in total. The molecule has 0 bridgehead atoms. The Balaban J connectivity index is 2.09.